The first-order chi connectivity index (χ1) is 29.2. The Morgan fingerprint density at radius 3 is 2.00 bits per heavy atom. The largest absolute Gasteiger partial charge is 0.508 e. The molecule has 1 aliphatic heterocycles. The maximum absolute atomic E-state index is 14.3. The van der Waals surface area contributed by atoms with Gasteiger partial charge in [0, 0.05) is 51.4 Å². The number of carbonyl (C=O) groups is 1. The van der Waals surface area contributed by atoms with Gasteiger partial charge in [-0.25, -0.2) is 23.2 Å². The summed E-state index contributed by atoms with van der Waals surface area (Å²) in [5, 5.41) is 27.4. The summed E-state index contributed by atoms with van der Waals surface area (Å²) in [5.41, 5.74) is 8.09. The lowest BCUT2D eigenvalue weighted by Crippen LogP contribution is -2.47. The number of nitrogens with one attached hydrogen (secondary N) is 1. The third-order valence-electron chi connectivity index (χ3n) is 12.3. The average molecular weight is 917 g/mol. The topological polar surface area (TPSA) is 193 Å². The molecular formula is C44H70F2N8O7Si2. The first-order valence-corrected chi connectivity index (χ1v) is 27.4. The average Bonchev–Trinajstić information content (AvgIpc) is 3.55. The molecule has 4 rings (SSSR count). The van der Waals surface area contributed by atoms with E-state index in [-0.39, 0.29) is 65.3 Å². The van der Waals surface area contributed by atoms with Crippen molar-refractivity contribution in [1.29, 1.82) is 0 Å². The predicted octanol–water partition coefficient (Wildman–Crippen LogP) is 7.24. The number of phenols is 2. The van der Waals surface area contributed by atoms with E-state index in [0.29, 0.717) is 49.5 Å². The maximum Gasteiger partial charge on any atom is 0.348 e. The molecule has 2 heterocycles. The first-order valence-electron chi connectivity index (χ1n) is 21.6. The summed E-state index contributed by atoms with van der Waals surface area (Å²) in [5.74, 6) is -0.509. The fourth-order valence-electron chi connectivity index (χ4n) is 6.27. The quantitative estimate of drug-likeness (QED) is 0.0538. The fraction of sp³-hybridized carbons (Fsp3) is 0.614. The van der Waals surface area contributed by atoms with Crippen molar-refractivity contribution >= 4 is 34.6 Å². The summed E-state index contributed by atoms with van der Waals surface area (Å²) in [4.78, 5) is 37.9. The summed E-state index contributed by atoms with van der Waals surface area (Å²) in [6, 6.07) is 10.4. The lowest BCUT2D eigenvalue weighted by atomic mass is 9.98. The highest BCUT2D eigenvalue weighted by molar-refractivity contribution is 6.74. The van der Waals surface area contributed by atoms with Gasteiger partial charge in [-0.2, -0.15) is 10.1 Å². The Hall–Kier alpha value is -4.12. The number of aromatic nitrogens is 3. The van der Waals surface area contributed by atoms with E-state index < -0.39 is 47.0 Å². The van der Waals surface area contributed by atoms with Gasteiger partial charge >= 0.3 is 5.69 Å². The SMILES string of the molecule is CC(C)c1cc(-c2n[nH]c(=O)n2-c2ccc(CN3CCN(CC(=O)N=C(N)CC=NC(OC(CO[Si](C)(C)C(C)(C)C)CO[Si](C)(C)C(C)(C)C)C(F)F)CC3)cc2)c(O)cc1O. The number of aliphatic imine (C=N–C) groups is 2. The molecule has 0 radical (unpaired) electrons. The second-order valence-electron chi connectivity index (χ2n) is 19.6. The lowest BCUT2D eigenvalue weighted by Gasteiger charge is -2.39. The van der Waals surface area contributed by atoms with Gasteiger partial charge < -0.3 is 29.5 Å². The second-order valence-corrected chi connectivity index (χ2v) is 29.3. The van der Waals surface area contributed by atoms with Crippen molar-refractivity contribution in [3.05, 3.63) is 58.0 Å². The van der Waals surface area contributed by atoms with E-state index in [9.17, 15) is 28.6 Å². The number of H-pyrrole nitrogens is 1. The molecule has 1 amide bonds. The third kappa shape index (κ3) is 14.2. The number of benzene rings is 2. The van der Waals surface area contributed by atoms with Crippen LogP contribution >= 0.6 is 0 Å². The summed E-state index contributed by atoms with van der Waals surface area (Å²) in [6.07, 6.45) is -4.37. The number of amides is 1. The normalized spacial score (nSPS) is 16.0. The summed E-state index contributed by atoms with van der Waals surface area (Å²) in [6.45, 7) is 28.4. The van der Waals surface area contributed by atoms with Crippen molar-refractivity contribution in [2.24, 2.45) is 15.7 Å². The number of nitrogens with two attached hydrogens (primary N) is 1. The number of amidine groups is 1. The monoisotopic (exact) mass is 916 g/mol. The molecule has 63 heavy (non-hydrogen) atoms. The number of phenolic OH excluding ortho intramolecular Hbond substituents is 2. The number of hydrogen-bond donors (Lipinski definition) is 4. The van der Waals surface area contributed by atoms with Crippen LogP contribution in [0.5, 0.6) is 11.5 Å². The number of rotatable bonds is 19. The highest BCUT2D eigenvalue weighted by Crippen LogP contribution is 2.39. The molecule has 1 fully saturated rings. The number of ether oxygens (including phenoxy) is 1. The lowest BCUT2D eigenvalue weighted by molar-refractivity contribution is -0.119. The number of hydrogen-bond acceptors (Lipinski definition) is 11. The Labute approximate surface area is 373 Å². The van der Waals surface area contributed by atoms with E-state index in [2.05, 4.69) is 92.8 Å². The molecule has 3 aromatic rings. The number of nitrogens with zero attached hydrogens (tertiary/aromatic N) is 6. The van der Waals surface area contributed by atoms with E-state index in [4.69, 9.17) is 19.3 Å². The smallest absolute Gasteiger partial charge is 0.348 e. The maximum atomic E-state index is 14.3. The molecule has 0 saturated carbocycles. The van der Waals surface area contributed by atoms with Gasteiger partial charge in [0.2, 0.25) is 6.23 Å². The van der Waals surface area contributed by atoms with Crippen LogP contribution in [0, 0.1) is 0 Å². The van der Waals surface area contributed by atoms with Crippen LogP contribution in [0.4, 0.5) is 8.78 Å². The van der Waals surface area contributed by atoms with Crippen LogP contribution in [0.15, 0.2) is 51.2 Å². The van der Waals surface area contributed by atoms with Gasteiger partial charge in [0.25, 0.3) is 12.3 Å². The second kappa shape index (κ2) is 21.2. The molecule has 1 saturated heterocycles. The van der Waals surface area contributed by atoms with Gasteiger partial charge in [-0.05, 0) is 71.5 Å². The number of piperazine rings is 1. The van der Waals surface area contributed by atoms with Crippen molar-refractivity contribution in [1.82, 2.24) is 24.6 Å². The van der Waals surface area contributed by atoms with Crippen molar-refractivity contribution in [2.75, 3.05) is 45.9 Å². The van der Waals surface area contributed by atoms with Crippen LogP contribution in [-0.2, 0) is 24.9 Å². The van der Waals surface area contributed by atoms with E-state index >= 15 is 0 Å². The molecule has 1 atom stereocenters. The molecular weight excluding hydrogens is 847 g/mol. The third-order valence-corrected chi connectivity index (χ3v) is 21.3. The molecule has 2 aromatic carbocycles. The minimum Gasteiger partial charge on any atom is -0.508 e. The zero-order valence-electron chi connectivity index (χ0n) is 39.2. The molecule has 19 heteroatoms. The molecule has 5 N–H and O–H groups in total. The Kier molecular flexibility index (Phi) is 17.4. The zero-order chi connectivity index (χ0) is 47.1. The van der Waals surface area contributed by atoms with Gasteiger partial charge in [-0.3, -0.25) is 19.6 Å². The number of carbonyl (C=O) groups excluding carboxylic acids is 1. The van der Waals surface area contributed by atoms with Crippen molar-refractivity contribution in [3.63, 3.8) is 0 Å². The van der Waals surface area contributed by atoms with Crippen LogP contribution in [-0.4, -0.2) is 134 Å². The standard InChI is InChI=1S/C44H70F2N8O7Si2/c1-29(2)33-23-34(36(56)24-35(33)55)40-50-51-42(58)54(40)31-15-13-30(14-16-31)25-52-19-21-53(22-20-52)26-38(57)49-37(47)17-18-48-41(39(45)46)61-32(27-59-62(9,10)43(3,4)5)28-60-63(11,12)44(6,7)8/h13-16,18,23-24,29,32,39,41,55-56H,17,19-22,25-28H2,1-12H3,(H,51,58)(H2,47,49,57). The molecule has 1 aliphatic rings. The van der Waals surface area contributed by atoms with Gasteiger partial charge in [-0.15, -0.1) is 0 Å². The van der Waals surface area contributed by atoms with E-state index in [1.165, 1.54) is 16.8 Å². The minimum absolute atomic E-state index is 0.0237. The van der Waals surface area contributed by atoms with Crippen molar-refractivity contribution in [2.45, 2.75) is 129 Å². The first kappa shape index (κ1) is 51.5. The molecule has 0 bridgehead atoms. The number of aromatic hydroxyl groups is 2. The zero-order valence-corrected chi connectivity index (χ0v) is 41.2. The molecule has 15 nitrogen and oxygen atoms in total. The summed E-state index contributed by atoms with van der Waals surface area (Å²) < 4.78 is 48.5. The number of alkyl halides is 2. The number of aromatic amines is 1. The minimum atomic E-state index is -2.92. The Morgan fingerprint density at radius 2 is 1.48 bits per heavy atom. The van der Waals surface area contributed by atoms with Gasteiger partial charge in [-0.1, -0.05) is 67.5 Å². The van der Waals surface area contributed by atoms with E-state index in [1.54, 1.807) is 6.07 Å². The molecule has 0 aliphatic carbocycles. The van der Waals surface area contributed by atoms with Crippen LogP contribution in [0.1, 0.15) is 78.9 Å². The van der Waals surface area contributed by atoms with Crippen LogP contribution < -0.4 is 11.4 Å². The summed E-state index contributed by atoms with van der Waals surface area (Å²) in [7, 11) is -4.44. The molecule has 1 aromatic heterocycles. The van der Waals surface area contributed by atoms with Crippen LogP contribution in [0.3, 0.4) is 0 Å². The Morgan fingerprint density at radius 1 is 0.921 bits per heavy atom. The molecule has 350 valence electrons. The predicted molar refractivity (Wildman–Crippen MR) is 249 cm³/mol. The Bertz CT molecular complexity index is 2070. The van der Waals surface area contributed by atoms with Gasteiger partial charge in [0.1, 0.15) is 23.4 Å². The highest BCUT2D eigenvalue weighted by atomic mass is 28.4. The Balaban J connectivity index is 1.29. The van der Waals surface area contributed by atoms with E-state index in [0.717, 1.165) is 5.56 Å². The fourth-order valence-corrected chi connectivity index (χ4v) is 8.34. The van der Waals surface area contributed by atoms with E-state index in [1.807, 2.05) is 43.0 Å². The highest BCUT2D eigenvalue weighted by Gasteiger charge is 2.40. The summed E-state index contributed by atoms with van der Waals surface area (Å²) >= 11 is 0. The van der Waals surface area contributed by atoms with Gasteiger partial charge in [0.05, 0.1) is 31.0 Å². The van der Waals surface area contributed by atoms with Crippen molar-refractivity contribution in [3.8, 4) is 28.6 Å². The van der Waals surface area contributed by atoms with Crippen LogP contribution in [0.25, 0.3) is 17.1 Å². The molecule has 1 unspecified atom stereocenters. The van der Waals surface area contributed by atoms with Crippen molar-refractivity contribution < 1.29 is 37.4 Å². The molecule has 0 spiro atoms. The number of halogens is 2. The van der Waals surface area contributed by atoms with Gasteiger partial charge in [0.15, 0.2) is 22.5 Å². The van der Waals surface area contributed by atoms with Crippen LogP contribution in [0.2, 0.25) is 36.3 Å².